The second kappa shape index (κ2) is 18.8. The molecule has 1 aromatic carbocycles. The number of benzene rings is 1. The van der Waals surface area contributed by atoms with Gasteiger partial charge in [0.1, 0.15) is 67.1 Å². The predicted molar refractivity (Wildman–Crippen MR) is 224 cm³/mol. The lowest BCUT2D eigenvalue weighted by Gasteiger charge is -2.58. The third kappa shape index (κ3) is 8.61. The van der Waals surface area contributed by atoms with Crippen LogP contribution in [0, 0.1) is 36.0 Å². The quantitative estimate of drug-likeness (QED) is 0.127. The van der Waals surface area contributed by atoms with E-state index in [0.717, 1.165) is 44.9 Å². The van der Waals surface area contributed by atoms with Crippen LogP contribution in [0.1, 0.15) is 94.9 Å². The Kier molecular flexibility index (Phi) is 14.2. The molecule has 0 spiro atoms. The highest BCUT2D eigenvalue weighted by Gasteiger charge is 2.59. The van der Waals surface area contributed by atoms with Gasteiger partial charge in [-0.05, 0) is 128 Å². The van der Waals surface area contributed by atoms with Crippen molar-refractivity contribution in [3.05, 3.63) is 46.0 Å². The monoisotopic (exact) mass is 892 g/mol. The fraction of sp³-hybridized carbons (Fsp3) is 0.830. The van der Waals surface area contributed by atoms with E-state index in [1.54, 1.807) is 0 Å². The van der Waals surface area contributed by atoms with Gasteiger partial charge in [0.25, 0.3) is 0 Å². The Labute approximate surface area is 369 Å². The Morgan fingerprint density at radius 3 is 2.08 bits per heavy atom. The van der Waals surface area contributed by atoms with Crippen molar-refractivity contribution in [1.29, 1.82) is 0 Å². The molecule has 0 amide bonds. The molecule has 3 saturated heterocycles. The first-order chi connectivity index (χ1) is 29.9. The maximum absolute atomic E-state index is 11.2. The minimum Gasteiger partial charge on any atom is -0.394 e. The molecule has 4 aliphatic carbocycles. The molecule has 22 atom stereocenters. The molecular formula is C47H72O16. The van der Waals surface area contributed by atoms with Gasteiger partial charge in [-0.2, -0.15) is 0 Å². The highest BCUT2D eigenvalue weighted by Crippen LogP contribution is 2.65. The molecule has 10 N–H and O–H groups in total. The van der Waals surface area contributed by atoms with Gasteiger partial charge in [-0.25, -0.2) is 0 Å². The summed E-state index contributed by atoms with van der Waals surface area (Å²) in [6.45, 7) is 9.99. The van der Waals surface area contributed by atoms with Gasteiger partial charge in [-0.3, -0.25) is 0 Å². The normalized spacial score (nSPS) is 47.8. The average molecular weight is 893 g/mol. The third-order valence-corrected chi connectivity index (χ3v) is 16.7. The maximum Gasteiger partial charge on any atom is 0.187 e. The molecule has 8 rings (SSSR count). The van der Waals surface area contributed by atoms with Gasteiger partial charge >= 0.3 is 0 Å². The summed E-state index contributed by atoms with van der Waals surface area (Å²) in [6.07, 6.45) is -9.79. The molecule has 0 bridgehead atoms. The van der Waals surface area contributed by atoms with Crippen LogP contribution in [-0.4, -0.2) is 169 Å². The fourth-order valence-corrected chi connectivity index (χ4v) is 12.8. The highest BCUT2D eigenvalue weighted by molar-refractivity contribution is 5.50. The van der Waals surface area contributed by atoms with Gasteiger partial charge in [0.05, 0.1) is 32.0 Å². The number of hydrogen-bond acceptors (Lipinski definition) is 16. The zero-order valence-corrected chi connectivity index (χ0v) is 37.2. The number of aliphatic hydroxyl groups excluding tert-OH is 10. The smallest absolute Gasteiger partial charge is 0.187 e. The minimum absolute atomic E-state index is 0.0211. The number of hydrogen-bond donors (Lipinski definition) is 10. The zero-order valence-electron chi connectivity index (χ0n) is 37.2. The molecule has 5 fully saturated rings. The summed E-state index contributed by atoms with van der Waals surface area (Å²) in [5, 5.41) is 103. The Morgan fingerprint density at radius 1 is 0.714 bits per heavy atom. The van der Waals surface area contributed by atoms with E-state index in [1.807, 2.05) is 0 Å². The maximum atomic E-state index is 11.2. The summed E-state index contributed by atoms with van der Waals surface area (Å²) < 4.78 is 35.6. The van der Waals surface area contributed by atoms with Gasteiger partial charge < -0.3 is 79.5 Å². The van der Waals surface area contributed by atoms with Crippen LogP contribution in [0.25, 0.3) is 0 Å². The van der Waals surface area contributed by atoms with Crippen molar-refractivity contribution in [3.63, 3.8) is 0 Å². The summed E-state index contributed by atoms with van der Waals surface area (Å²) in [5.41, 5.74) is 7.04. The number of aryl methyl sites for hydroxylation is 1. The fourth-order valence-electron chi connectivity index (χ4n) is 12.8. The van der Waals surface area contributed by atoms with Crippen LogP contribution in [-0.2, 0) is 46.7 Å². The van der Waals surface area contributed by atoms with Crippen LogP contribution >= 0.6 is 0 Å². The van der Waals surface area contributed by atoms with Crippen LogP contribution < -0.4 is 0 Å². The lowest BCUT2D eigenvalue weighted by Crippen LogP contribution is -2.64. The number of fused-ring (bicyclic) bond motifs is 7. The van der Waals surface area contributed by atoms with Crippen molar-refractivity contribution in [1.82, 2.24) is 0 Å². The van der Waals surface area contributed by atoms with Crippen molar-refractivity contribution < 1.29 is 79.5 Å². The SMILES string of the molecule is Cc1c(CCC(C)COC2OC(CO)C(O)C(O)C2O)ccc2c1C1(C)CCC3C(CC=C4CC(OC5OC(CO)C(O)C(O)C5OC5OC(C)C(O)C(O)C5O)CCC43C)C1C2. The Hall–Kier alpha value is -1.68. The van der Waals surface area contributed by atoms with E-state index < -0.39 is 105 Å². The van der Waals surface area contributed by atoms with E-state index in [0.29, 0.717) is 30.6 Å². The van der Waals surface area contributed by atoms with Gasteiger partial charge in [0.15, 0.2) is 18.9 Å². The molecular weight excluding hydrogens is 821 g/mol. The molecule has 1 aromatic rings. The Balaban J connectivity index is 0.911. The zero-order chi connectivity index (χ0) is 45.3. The van der Waals surface area contributed by atoms with Crippen LogP contribution in [0.3, 0.4) is 0 Å². The Morgan fingerprint density at radius 2 is 1.37 bits per heavy atom. The lowest BCUT2D eigenvalue weighted by molar-refractivity contribution is -0.369. The molecule has 3 heterocycles. The highest BCUT2D eigenvalue weighted by atomic mass is 16.8. The van der Waals surface area contributed by atoms with Gasteiger partial charge in [-0.1, -0.05) is 44.6 Å². The molecule has 356 valence electrons. The summed E-state index contributed by atoms with van der Waals surface area (Å²) in [7, 11) is 0. The van der Waals surface area contributed by atoms with Crippen LogP contribution in [0.15, 0.2) is 23.8 Å². The molecule has 0 radical (unpaired) electrons. The molecule has 0 aromatic heterocycles. The van der Waals surface area contributed by atoms with Crippen LogP contribution in [0.2, 0.25) is 0 Å². The number of aliphatic hydroxyl groups is 10. The molecule has 7 aliphatic rings. The van der Waals surface area contributed by atoms with Gasteiger partial charge in [0.2, 0.25) is 0 Å². The molecule has 3 aliphatic heterocycles. The number of ether oxygens (including phenoxy) is 6. The minimum atomic E-state index is -1.64. The third-order valence-electron chi connectivity index (χ3n) is 16.7. The van der Waals surface area contributed by atoms with E-state index in [9.17, 15) is 51.1 Å². The molecule has 2 saturated carbocycles. The van der Waals surface area contributed by atoms with Crippen molar-refractivity contribution in [2.75, 3.05) is 19.8 Å². The summed E-state index contributed by atoms with van der Waals surface area (Å²) >= 11 is 0. The largest absolute Gasteiger partial charge is 0.394 e. The van der Waals surface area contributed by atoms with Crippen LogP contribution in [0.4, 0.5) is 0 Å². The predicted octanol–water partition coefficient (Wildman–Crippen LogP) is 0.394. The van der Waals surface area contributed by atoms with E-state index >= 15 is 0 Å². The topological polar surface area (TPSA) is 258 Å². The molecule has 22 unspecified atom stereocenters. The first-order valence-corrected chi connectivity index (χ1v) is 23.3. The standard InChI is InChI=1S/C47H72O16/c1-21(20-58-43-40(56)38(54)35(51)31(18-48)61-43)6-7-24-8-9-25-16-30-28-11-10-26-17-27(12-14-46(26,4)29(28)13-15-47(30,5)33(25)22(24)2)60-45-42(39(55)36(52)32(19-49)62-45)63-44-41(57)37(53)34(50)23(3)59-44/h8-10,21,23,27-32,34-45,48-57H,6-7,11-20H2,1-5H3. The van der Waals surface area contributed by atoms with Crippen LogP contribution in [0.5, 0.6) is 0 Å². The summed E-state index contributed by atoms with van der Waals surface area (Å²) in [4.78, 5) is 0. The van der Waals surface area contributed by atoms with E-state index in [2.05, 4.69) is 45.9 Å². The lowest BCUT2D eigenvalue weighted by atomic mass is 9.47. The second-order valence-electron chi connectivity index (χ2n) is 20.5. The molecule has 16 heteroatoms. The van der Waals surface area contributed by atoms with Crippen molar-refractivity contribution >= 4 is 0 Å². The van der Waals surface area contributed by atoms with E-state index in [4.69, 9.17) is 28.4 Å². The average Bonchev–Trinajstić information content (AvgIpc) is 3.58. The van der Waals surface area contributed by atoms with Crippen molar-refractivity contribution in [2.24, 2.45) is 29.1 Å². The second-order valence-corrected chi connectivity index (χ2v) is 20.5. The van der Waals surface area contributed by atoms with Gasteiger partial charge in [-0.15, -0.1) is 0 Å². The van der Waals surface area contributed by atoms with Crippen molar-refractivity contribution in [2.45, 2.75) is 196 Å². The summed E-state index contributed by atoms with van der Waals surface area (Å²) in [6, 6.07) is 4.63. The number of rotatable bonds is 12. The molecule has 16 nitrogen and oxygen atoms in total. The first-order valence-electron chi connectivity index (χ1n) is 23.3. The first kappa shape index (κ1) is 47.8. The molecule has 63 heavy (non-hydrogen) atoms. The van der Waals surface area contributed by atoms with E-state index in [1.165, 1.54) is 34.8 Å². The van der Waals surface area contributed by atoms with Crippen molar-refractivity contribution in [3.8, 4) is 0 Å². The summed E-state index contributed by atoms with van der Waals surface area (Å²) in [5.74, 6) is 1.65. The Bertz CT molecular complexity index is 1780. The van der Waals surface area contributed by atoms with E-state index in [-0.39, 0.29) is 29.5 Å². The number of allylic oxidation sites excluding steroid dienone is 1. The van der Waals surface area contributed by atoms with Gasteiger partial charge in [0, 0.05) is 0 Å².